The molecule has 54 valence electrons. The first-order valence-electron chi connectivity index (χ1n) is 2.36. The van der Waals surface area contributed by atoms with E-state index in [2.05, 4.69) is 6.58 Å². The van der Waals surface area contributed by atoms with Crippen molar-refractivity contribution in [3.05, 3.63) is 32.3 Å². The normalized spacial score (nSPS) is 19.4. The fourth-order valence-electron chi connectivity index (χ4n) is 0.554. The van der Waals surface area contributed by atoms with Gasteiger partial charge in [-0.3, -0.25) is 0 Å². The average molecular weight is 216 g/mol. The van der Waals surface area contributed by atoms with Gasteiger partial charge in [0.05, 0.1) is 20.1 Å². The van der Waals surface area contributed by atoms with Crippen LogP contribution in [0, 0.1) is 0 Å². The minimum atomic E-state index is 0.276. The van der Waals surface area contributed by atoms with E-state index in [0.717, 1.165) is 0 Å². The van der Waals surface area contributed by atoms with E-state index in [1.807, 2.05) is 0 Å². The van der Waals surface area contributed by atoms with Crippen molar-refractivity contribution in [2.24, 2.45) is 0 Å². The van der Waals surface area contributed by atoms with E-state index in [0.29, 0.717) is 15.6 Å². The fraction of sp³-hybridized carbons (Fsp3) is 0. The van der Waals surface area contributed by atoms with Gasteiger partial charge in [-0.15, -0.1) is 0 Å². The van der Waals surface area contributed by atoms with Crippen LogP contribution in [-0.2, 0) is 0 Å². The van der Waals surface area contributed by atoms with Crippen molar-refractivity contribution in [2.75, 3.05) is 0 Å². The van der Waals surface area contributed by atoms with E-state index in [1.165, 1.54) is 0 Å². The lowest BCUT2D eigenvalue weighted by atomic mass is 10.3. The number of allylic oxidation sites excluding steroid dienone is 5. The van der Waals surface area contributed by atoms with Gasteiger partial charge in [-0.25, -0.2) is 0 Å². The average Bonchev–Trinajstić information content (AvgIpc) is 2.07. The van der Waals surface area contributed by atoms with Gasteiger partial charge in [-0.1, -0.05) is 53.0 Å². The second kappa shape index (κ2) is 2.78. The van der Waals surface area contributed by atoms with Crippen molar-refractivity contribution in [3.8, 4) is 0 Å². The van der Waals surface area contributed by atoms with Crippen molar-refractivity contribution in [1.29, 1.82) is 0 Å². The molecule has 0 bridgehead atoms. The maximum absolute atomic E-state index is 5.64. The first kappa shape index (κ1) is 8.48. The summed E-state index contributed by atoms with van der Waals surface area (Å²) in [6.45, 7) is 3.57. The minimum Gasteiger partial charge on any atom is -0.0887 e. The number of hydrogen-bond acceptors (Lipinski definition) is 0. The topological polar surface area (TPSA) is 0 Å². The quantitative estimate of drug-likeness (QED) is 0.575. The highest BCUT2D eigenvalue weighted by Crippen LogP contribution is 2.43. The first-order valence-corrected chi connectivity index (χ1v) is 3.87. The van der Waals surface area contributed by atoms with Crippen molar-refractivity contribution in [1.82, 2.24) is 0 Å². The van der Waals surface area contributed by atoms with Gasteiger partial charge in [0.15, 0.2) is 0 Å². The van der Waals surface area contributed by atoms with Gasteiger partial charge in [-0.05, 0) is 0 Å². The van der Waals surface area contributed by atoms with E-state index in [9.17, 15) is 0 Å². The van der Waals surface area contributed by atoms with Crippen molar-refractivity contribution in [2.45, 2.75) is 0 Å². The molecular formula is C6H2Cl4. The van der Waals surface area contributed by atoms with Gasteiger partial charge in [-0.2, -0.15) is 0 Å². The Bertz CT molecular complexity index is 233. The third-order valence-electron chi connectivity index (χ3n) is 1.11. The Hall–Kier alpha value is 0.380. The molecule has 0 atom stereocenters. The van der Waals surface area contributed by atoms with Crippen LogP contribution in [0.5, 0.6) is 0 Å². The molecule has 0 radical (unpaired) electrons. The number of halogens is 4. The Labute approximate surface area is 78.7 Å². The maximum Gasteiger partial charge on any atom is 0.0800 e. The van der Waals surface area contributed by atoms with Gasteiger partial charge in [0.1, 0.15) is 0 Å². The SMILES string of the molecule is C=C1C(Cl)=C(Cl)C(Cl)=C1Cl. The zero-order valence-electron chi connectivity index (χ0n) is 4.72. The maximum atomic E-state index is 5.64. The molecule has 1 aliphatic rings. The van der Waals surface area contributed by atoms with Gasteiger partial charge < -0.3 is 0 Å². The molecule has 0 nitrogen and oxygen atoms in total. The minimum absolute atomic E-state index is 0.276. The summed E-state index contributed by atoms with van der Waals surface area (Å²) in [6, 6.07) is 0. The number of rotatable bonds is 0. The molecule has 0 aromatic heterocycles. The van der Waals surface area contributed by atoms with Crippen molar-refractivity contribution < 1.29 is 0 Å². The van der Waals surface area contributed by atoms with E-state index >= 15 is 0 Å². The molecule has 0 fully saturated rings. The Morgan fingerprint density at radius 2 is 1.00 bits per heavy atom. The molecule has 1 aliphatic carbocycles. The largest absolute Gasteiger partial charge is 0.0887 e. The van der Waals surface area contributed by atoms with Crippen molar-refractivity contribution in [3.63, 3.8) is 0 Å². The molecule has 0 saturated carbocycles. The molecule has 0 unspecified atom stereocenters. The summed E-state index contributed by atoms with van der Waals surface area (Å²) < 4.78 is 0. The van der Waals surface area contributed by atoms with E-state index in [4.69, 9.17) is 46.4 Å². The Morgan fingerprint density at radius 3 is 1.10 bits per heavy atom. The van der Waals surface area contributed by atoms with Gasteiger partial charge >= 0.3 is 0 Å². The molecule has 0 N–H and O–H groups in total. The van der Waals surface area contributed by atoms with Crippen LogP contribution in [0.15, 0.2) is 32.3 Å². The third kappa shape index (κ3) is 1.10. The summed E-state index contributed by atoms with van der Waals surface area (Å²) in [5.74, 6) is 0. The fourth-order valence-corrected chi connectivity index (χ4v) is 1.49. The van der Waals surface area contributed by atoms with Crippen LogP contribution in [0.1, 0.15) is 0 Å². The first-order chi connectivity index (χ1) is 4.55. The molecule has 0 heterocycles. The highest BCUT2D eigenvalue weighted by atomic mass is 35.5. The molecule has 0 spiro atoms. The molecule has 4 heteroatoms. The third-order valence-corrected chi connectivity index (χ3v) is 2.99. The van der Waals surface area contributed by atoms with E-state index in [1.54, 1.807) is 0 Å². The van der Waals surface area contributed by atoms with Crippen LogP contribution in [0.3, 0.4) is 0 Å². The van der Waals surface area contributed by atoms with Crippen LogP contribution in [-0.4, -0.2) is 0 Å². The van der Waals surface area contributed by atoms with Gasteiger partial charge in [0, 0.05) is 5.57 Å². The molecule has 0 saturated heterocycles. The molecular weight excluding hydrogens is 214 g/mol. The standard InChI is InChI=1S/C6H2Cl4/c1-2-3(7)5(9)6(10)4(2)8/h1H2. The van der Waals surface area contributed by atoms with Gasteiger partial charge in [0.2, 0.25) is 0 Å². The summed E-state index contributed by atoms with van der Waals surface area (Å²) in [5, 5.41) is 1.21. The zero-order valence-corrected chi connectivity index (χ0v) is 7.74. The highest BCUT2D eigenvalue weighted by Gasteiger charge is 2.22. The number of hydrogen-bond donors (Lipinski definition) is 0. The van der Waals surface area contributed by atoms with Crippen molar-refractivity contribution >= 4 is 46.4 Å². The van der Waals surface area contributed by atoms with Gasteiger partial charge in [0.25, 0.3) is 0 Å². The Balaban J connectivity index is 3.22. The van der Waals surface area contributed by atoms with Crippen LogP contribution in [0.4, 0.5) is 0 Å². The van der Waals surface area contributed by atoms with Crippen LogP contribution in [0.2, 0.25) is 0 Å². The summed E-state index contributed by atoms with van der Waals surface area (Å²) >= 11 is 22.5. The smallest absolute Gasteiger partial charge is 0.0800 e. The lowest BCUT2D eigenvalue weighted by molar-refractivity contribution is 1.74. The molecule has 1 rings (SSSR count). The molecule has 0 amide bonds. The van der Waals surface area contributed by atoms with E-state index < -0.39 is 0 Å². The summed E-state index contributed by atoms with van der Waals surface area (Å²) in [7, 11) is 0. The summed E-state index contributed by atoms with van der Waals surface area (Å²) in [4.78, 5) is 0. The lowest BCUT2D eigenvalue weighted by Crippen LogP contribution is -1.71. The monoisotopic (exact) mass is 214 g/mol. The van der Waals surface area contributed by atoms with E-state index in [-0.39, 0.29) is 10.1 Å². The Morgan fingerprint density at radius 1 is 0.700 bits per heavy atom. The predicted molar refractivity (Wildman–Crippen MR) is 46.6 cm³/mol. The summed E-state index contributed by atoms with van der Waals surface area (Å²) in [6.07, 6.45) is 0. The summed E-state index contributed by atoms with van der Waals surface area (Å²) in [5.41, 5.74) is 0.485. The lowest BCUT2D eigenvalue weighted by Gasteiger charge is -1.90. The second-order valence-electron chi connectivity index (χ2n) is 1.73. The molecule has 10 heavy (non-hydrogen) atoms. The highest BCUT2D eigenvalue weighted by molar-refractivity contribution is 6.55. The second-order valence-corrected chi connectivity index (χ2v) is 3.25. The molecule has 0 aliphatic heterocycles. The zero-order chi connectivity index (χ0) is 7.89. The van der Waals surface area contributed by atoms with Crippen LogP contribution in [0.25, 0.3) is 0 Å². The molecule has 0 aromatic rings. The predicted octanol–water partition coefficient (Wildman–Crippen LogP) is 3.93. The molecule has 0 aromatic carbocycles. The Kier molecular flexibility index (Phi) is 2.36. The van der Waals surface area contributed by atoms with Crippen LogP contribution < -0.4 is 0 Å². The van der Waals surface area contributed by atoms with Crippen LogP contribution >= 0.6 is 46.4 Å².